The molecular weight excluding hydrogens is 348 g/mol. The summed E-state index contributed by atoms with van der Waals surface area (Å²) in [4.78, 5) is 14.9. The molecule has 0 radical (unpaired) electrons. The summed E-state index contributed by atoms with van der Waals surface area (Å²) in [5.41, 5.74) is 1.63. The topological polar surface area (TPSA) is 110 Å². The van der Waals surface area contributed by atoms with Gasteiger partial charge in [-0.2, -0.15) is 5.26 Å². The zero-order valence-electron chi connectivity index (χ0n) is 14.7. The molecule has 136 valence electrons. The molecule has 0 unspecified atom stereocenters. The van der Waals surface area contributed by atoms with E-state index in [9.17, 15) is 15.4 Å². The van der Waals surface area contributed by atoms with Crippen molar-refractivity contribution in [2.75, 3.05) is 19.5 Å². The van der Waals surface area contributed by atoms with E-state index in [1.165, 1.54) is 18.2 Å². The van der Waals surface area contributed by atoms with E-state index in [-0.39, 0.29) is 5.69 Å². The highest BCUT2D eigenvalue weighted by atomic mass is 16.6. The molecule has 3 rings (SSSR count). The second-order valence-corrected chi connectivity index (χ2v) is 5.66. The number of nitro groups is 1. The van der Waals surface area contributed by atoms with Gasteiger partial charge in [-0.1, -0.05) is 0 Å². The third-order valence-corrected chi connectivity index (χ3v) is 4.08. The molecule has 3 aromatic rings. The maximum absolute atomic E-state index is 10.9. The van der Waals surface area contributed by atoms with Gasteiger partial charge in [-0.05, 0) is 24.3 Å². The van der Waals surface area contributed by atoms with Gasteiger partial charge in [0.2, 0.25) is 0 Å². The van der Waals surface area contributed by atoms with Crippen LogP contribution in [0.5, 0.6) is 11.5 Å². The van der Waals surface area contributed by atoms with Gasteiger partial charge in [0.25, 0.3) is 5.69 Å². The van der Waals surface area contributed by atoms with Gasteiger partial charge in [-0.15, -0.1) is 0 Å². The lowest BCUT2D eigenvalue weighted by Gasteiger charge is -2.12. The van der Waals surface area contributed by atoms with Gasteiger partial charge in [0.05, 0.1) is 36.3 Å². The maximum Gasteiger partial charge on any atom is 0.270 e. The highest BCUT2D eigenvalue weighted by molar-refractivity contribution is 5.88. The van der Waals surface area contributed by atoms with Crippen molar-refractivity contribution in [3.63, 3.8) is 0 Å². The van der Waals surface area contributed by atoms with Crippen LogP contribution in [0.25, 0.3) is 10.9 Å². The van der Waals surface area contributed by atoms with Crippen LogP contribution in [0.3, 0.4) is 0 Å². The van der Waals surface area contributed by atoms with Crippen molar-refractivity contribution in [1.29, 1.82) is 5.26 Å². The van der Waals surface area contributed by atoms with Gasteiger partial charge in [-0.25, -0.2) is 4.98 Å². The quantitative estimate of drug-likeness (QED) is 0.525. The number of aromatic nitrogens is 1. The molecule has 1 N–H and O–H groups in total. The normalized spacial score (nSPS) is 10.3. The van der Waals surface area contributed by atoms with Crippen molar-refractivity contribution in [2.45, 2.75) is 6.54 Å². The number of hydrogen-bond donors (Lipinski definition) is 1. The minimum Gasteiger partial charge on any atom is -0.497 e. The molecule has 0 saturated carbocycles. The summed E-state index contributed by atoms with van der Waals surface area (Å²) in [5.74, 6) is 1.84. The average Bonchev–Trinajstić information content (AvgIpc) is 2.70. The molecule has 27 heavy (non-hydrogen) atoms. The van der Waals surface area contributed by atoms with Crippen molar-refractivity contribution in [2.24, 2.45) is 0 Å². The van der Waals surface area contributed by atoms with Gasteiger partial charge in [0.1, 0.15) is 17.3 Å². The standard InChI is InChI=1S/C19H16N4O4/c1-26-15-5-3-12(18(9-15)27-2)11-21-19-7-13(10-20)16-8-14(23(24)25)4-6-17(16)22-19/h3-9H,11H2,1-2H3,(H,21,22). The summed E-state index contributed by atoms with van der Waals surface area (Å²) in [6, 6.07) is 13.4. The fourth-order valence-electron chi connectivity index (χ4n) is 2.69. The molecule has 1 heterocycles. The minimum atomic E-state index is -0.497. The van der Waals surface area contributed by atoms with Crippen molar-refractivity contribution in [3.05, 3.63) is 63.7 Å². The number of nitro benzene ring substituents is 1. The summed E-state index contributed by atoms with van der Waals surface area (Å²) in [6.45, 7) is 0.420. The van der Waals surface area contributed by atoms with Crippen LogP contribution in [-0.2, 0) is 6.54 Å². The molecule has 8 nitrogen and oxygen atoms in total. The van der Waals surface area contributed by atoms with E-state index in [1.54, 1.807) is 26.4 Å². The summed E-state index contributed by atoms with van der Waals surface area (Å²) in [5, 5.41) is 24.0. The van der Waals surface area contributed by atoms with Crippen LogP contribution in [-0.4, -0.2) is 24.1 Å². The number of non-ortho nitro benzene ring substituents is 1. The first-order valence-corrected chi connectivity index (χ1v) is 7.99. The number of nitrogens with one attached hydrogen (secondary N) is 1. The Morgan fingerprint density at radius 2 is 2.00 bits per heavy atom. The van der Waals surface area contributed by atoms with E-state index in [4.69, 9.17) is 9.47 Å². The Bertz CT molecular complexity index is 1060. The lowest BCUT2D eigenvalue weighted by Crippen LogP contribution is -2.04. The molecule has 0 amide bonds. The Morgan fingerprint density at radius 3 is 2.67 bits per heavy atom. The molecule has 0 aliphatic rings. The number of fused-ring (bicyclic) bond motifs is 1. The molecule has 2 aromatic carbocycles. The smallest absolute Gasteiger partial charge is 0.270 e. The highest BCUT2D eigenvalue weighted by Crippen LogP contribution is 2.27. The Labute approximate surface area is 155 Å². The van der Waals surface area contributed by atoms with Gasteiger partial charge in [-0.3, -0.25) is 10.1 Å². The Balaban J connectivity index is 1.91. The van der Waals surface area contributed by atoms with E-state index in [2.05, 4.69) is 16.4 Å². The predicted molar refractivity (Wildman–Crippen MR) is 100.0 cm³/mol. The molecular formula is C19H16N4O4. The Morgan fingerprint density at radius 1 is 1.19 bits per heavy atom. The van der Waals surface area contributed by atoms with Gasteiger partial charge < -0.3 is 14.8 Å². The molecule has 0 saturated heterocycles. The van der Waals surface area contributed by atoms with E-state index in [1.807, 2.05) is 12.1 Å². The molecule has 0 fully saturated rings. The fourth-order valence-corrected chi connectivity index (χ4v) is 2.69. The minimum absolute atomic E-state index is 0.0792. The van der Waals surface area contributed by atoms with E-state index in [0.717, 1.165) is 5.56 Å². The van der Waals surface area contributed by atoms with Crippen LogP contribution in [0.1, 0.15) is 11.1 Å². The maximum atomic E-state index is 10.9. The SMILES string of the molecule is COc1ccc(CNc2cc(C#N)c3cc([N+](=O)[O-])ccc3n2)c(OC)c1. The number of methoxy groups -OCH3 is 2. The van der Waals surface area contributed by atoms with E-state index < -0.39 is 4.92 Å². The highest BCUT2D eigenvalue weighted by Gasteiger charge is 2.12. The van der Waals surface area contributed by atoms with Crippen LogP contribution in [0.2, 0.25) is 0 Å². The van der Waals surface area contributed by atoms with Crippen molar-refractivity contribution < 1.29 is 14.4 Å². The van der Waals surface area contributed by atoms with E-state index >= 15 is 0 Å². The van der Waals surface area contributed by atoms with Gasteiger partial charge in [0.15, 0.2) is 0 Å². The summed E-state index contributed by atoms with van der Waals surface area (Å²) in [7, 11) is 3.16. The third-order valence-electron chi connectivity index (χ3n) is 4.08. The van der Waals surface area contributed by atoms with Crippen LogP contribution in [0.15, 0.2) is 42.5 Å². The van der Waals surface area contributed by atoms with Crippen LogP contribution in [0, 0.1) is 21.4 Å². The number of ether oxygens (including phenoxy) is 2. The number of nitriles is 1. The molecule has 0 atom stereocenters. The lowest BCUT2D eigenvalue weighted by molar-refractivity contribution is -0.384. The Kier molecular flexibility index (Phi) is 5.04. The van der Waals surface area contributed by atoms with Gasteiger partial charge >= 0.3 is 0 Å². The number of anilines is 1. The number of benzene rings is 2. The second kappa shape index (κ2) is 7.58. The van der Waals surface area contributed by atoms with Crippen molar-refractivity contribution in [3.8, 4) is 17.6 Å². The zero-order chi connectivity index (χ0) is 19.4. The van der Waals surface area contributed by atoms with E-state index in [0.29, 0.717) is 40.3 Å². The Hall–Kier alpha value is -3.86. The summed E-state index contributed by atoms with van der Waals surface area (Å²) >= 11 is 0. The number of hydrogen-bond acceptors (Lipinski definition) is 7. The van der Waals surface area contributed by atoms with Crippen molar-refractivity contribution in [1.82, 2.24) is 4.98 Å². The molecule has 0 spiro atoms. The first kappa shape index (κ1) is 17.9. The largest absolute Gasteiger partial charge is 0.497 e. The molecule has 0 aliphatic carbocycles. The molecule has 0 bridgehead atoms. The first-order valence-electron chi connectivity index (χ1n) is 7.99. The van der Waals surface area contributed by atoms with Crippen molar-refractivity contribution >= 4 is 22.4 Å². The lowest BCUT2D eigenvalue weighted by atomic mass is 10.1. The monoisotopic (exact) mass is 364 g/mol. The van der Waals surface area contributed by atoms with Crippen LogP contribution >= 0.6 is 0 Å². The van der Waals surface area contributed by atoms with Crippen LogP contribution < -0.4 is 14.8 Å². The summed E-state index contributed by atoms with van der Waals surface area (Å²) in [6.07, 6.45) is 0. The third kappa shape index (κ3) is 3.72. The number of rotatable bonds is 6. The molecule has 0 aliphatic heterocycles. The van der Waals surface area contributed by atoms with Gasteiger partial charge in [0, 0.05) is 35.7 Å². The number of pyridine rings is 1. The number of nitrogens with zero attached hydrogens (tertiary/aromatic N) is 3. The summed E-state index contributed by atoms with van der Waals surface area (Å²) < 4.78 is 10.6. The fraction of sp³-hybridized carbons (Fsp3) is 0.158. The molecule has 8 heteroatoms. The zero-order valence-corrected chi connectivity index (χ0v) is 14.7. The average molecular weight is 364 g/mol. The first-order chi connectivity index (χ1) is 13.0. The molecule has 1 aromatic heterocycles. The predicted octanol–water partition coefficient (Wildman–Crippen LogP) is 3.64. The second-order valence-electron chi connectivity index (χ2n) is 5.66. The van der Waals surface area contributed by atoms with Crippen LogP contribution in [0.4, 0.5) is 11.5 Å².